The number of hydrogen-bond acceptors (Lipinski definition) is 3. The van der Waals surface area contributed by atoms with Gasteiger partial charge in [-0.1, -0.05) is 13.8 Å². The first-order valence-electron chi connectivity index (χ1n) is 10.4. The summed E-state index contributed by atoms with van der Waals surface area (Å²) in [6.45, 7) is 4.73. The predicted octanol–water partition coefficient (Wildman–Crippen LogP) is 4.13. The molecule has 4 fully saturated rings. The fourth-order valence-electron chi connectivity index (χ4n) is 7.22. The molecule has 1 N–H and O–H groups in total. The van der Waals surface area contributed by atoms with Crippen LogP contribution in [0.3, 0.4) is 0 Å². The molecule has 0 radical (unpaired) electrons. The monoisotopic (exact) mass is 348 g/mol. The summed E-state index contributed by atoms with van der Waals surface area (Å²) in [5.74, 6) is 4.11. The van der Waals surface area contributed by atoms with Crippen molar-refractivity contribution < 1.29 is 19.4 Å². The van der Waals surface area contributed by atoms with Crippen LogP contribution in [0.25, 0.3) is 0 Å². The number of esters is 1. The van der Waals surface area contributed by atoms with Crippen LogP contribution in [0.4, 0.5) is 0 Å². The van der Waals surface area contributed by atoms with Crippen LogP contribution in [0.5, 0.6) is 0 Å². The van der Waals surface area contributed by atoms with Gasteiger partial charge in [0.2, 0.25) is 0 Å². The van der Waals surface area contributed by atoms with Crippen LogP contribution in [-0.4, -0.2) is 23.1 Å². The highest BCUT2D eigenvalue weighted by Gasteiger charge is 2.57. The van der Waals surface area contributed by atoms with Gasteiger partial charge in [0.25, 0.3) is 0 Å². The minimum atomic E-state index is -0.921. The molecule has 0 saturated heterocycles. The minimum absolute atomic E-state index is 0.0101. The fourth-order valence-corrected chi connectivity index (χ4v) is 7.22. The molecule has 8 unspecified atom stereocenters. The van der Waals surface area contributed by atoms with Crippen molar-refractivity contribution in [3.05, 3.63) is 0 Å². The maximum absolute atomic E-state index is 12.4. The van der Waals surface area contributed by atoms with E-state index >= 15 is 0 Å². The standard InChI is InChI=1S/C21H32O4/c1-11-13-3-5-15(9-13)19(11)21(25-18(24)8-7-17(22)23)20-12(2)14-4-6-16(20)10-14/h11-16,19-21H,3-10H2,1-2H3,(H,22,23). The topological polar surface area (TPSA) is 63.6 Å². The van der Waals surface area contributed by atoms with Crippen LogP contribution in [0.1, 0.15) is 65.2 Å². The molecule has 4 heteroatoms. The Balaban J connectivity index is 1.53. The number of carboxylic acid groups (broad SMARTS) is 1. The molecule has 0 amide bonds. The van der Waals surface area contributed by atoms with Crippen molar-refractivity contribution in [2.75, 3.05) is 0 Å². The van der Waals surface area contributed by atoms with Gasteiger partial charge in [0.15, 0.2) is 0 Å². The van der Waals surface area contributed by atoms with Gasteiger partial charge in [-0.05, 0) is 74.0 Å². The van der Waals surface area contributed by atoms with Crippen molar-refractivity contribution in [3.63, 3.8) is 0 Å². The molecule has 0 spiro atoms. The number of fused-ring (bicyclic) bond motifs is 4. The van der Waals surface area contributed by atoms with Gasteiger partial charge in [-0.25, -0.2) is 0 Å². The maximum Gasteiger partial charge on any atom is 0.306 e. The zero-order valence-corrected chi connectivity index (χ0v) is 15.5. The Morgan fingerprint density at radius 1 is 0.880 bits per heavy atom. The van der Waals surface area contributed by atoms with Crippen LogP contribution in [0.15, 0.2) is 0 Å². The number of hydrogen-bond donors (Lipinski definition) is 1. The molecule has 4 aliphatic carbocycles. The van der Waals surface area contributed by atoms with Crippen LogP contribution < -0.4 is 0 Å². The summed E-state index contributed by atoms with van der Waals surface area (Å²) < 4.78 is 6.11. The number of aliphatic carboxylic acids is 1. The quantitative estimate of drug-likeness (QED) is 0.733. The average Bonchev–Trinajstić information content (AvgIpc) is 3.31. The first-order chi connectivity index (χ1) is 12.0. The third-order valence-electron chi connectivity index (χ3n) is 8.39. The van der Waals surface area contributed by atoms with E-state index in [1.165, 1.54) is 38.5 Å². The molecule has 0 aromatic rings. The van der Waals surface area contributed by atoms with Crippen LogP contribution >= 0.6 is 0 Å². The molecule has 8 atom stereocenters. The molecular formula is C21H32O4. The summed E-state index contributed by atoms with van der Waals surface area (Å²) in [5, 5.41) is 8.87. The molecule has 0 heterocycles. The lowest BCUT2D eigenvalue weighted by Gasteiger charge is -2.42. The Bertz CT molecular complexity index is 508. The molecule has 4 aliphatic rings. The molecule has 0 aromatic carbocycles. The smallest absolute Gasteiger partial charge is 0.306 e. The van der Waals surface area contributed by atoms with Crippen molar-refractivity contribution in [2.45, 2.75) is 71.3 Å². The number of carboxylic acids is 1. The largest absolute Gasteiger partial charge is 0.481 e. The molecule has 25 heavy (non-hydrogen) atoms. The van der Waals surface area contributed by atoms with Gasteiger partial charge in [0, 0.05) is 11.8 Å². The normalized spacial score (nSPS) is 45.7. The lowest BCUT2D eigenvalue weighted by Crippen LogP contribution is -2.44. The van der Waals surface area contributed by atoms with Gasteiger partial charge in [0.1, 0.15) is 6.10 Å². The minimum Gasteiger partial charge on any atom is -0.481 e. The Kier molecular flexibility index (Phi) is 4.57. The summed E-state index contributed by atoms with van der Waals surface area (Å²) >= 11 is 0. The highest BCUT2D eigenvalue weighted by molar-refractivity contribution is 5.76. The first kappa shape index (κ1) is 17.4. The van der Waals surface area contributed by atoms with Crippen molar-refractivity contribution in [2.24, 2.45) is 47.3 Å². The lowest BCUT2D eigenvalue weighted by atomic mass is 9.67. The van der Waals surface area contributed by atoms with E-state index in [1.807, 2.05) is 0 Å². The lowest BCUT2D eigenvalue weighted by molar-refractivity contribution is -0.163. The second kappa shape index (κ2) is 6.59. The van der Waals surface area contributed by atoms with E-state index in [-0.39, 0.29) is 24.9 Å². The van der Waals surface area contributed by atoms with Crippen molar-refractivity contribution in [1.82, 2.24) is 0 Å². The number of carbonyl (C=O) groups is 2. The predicted molar refractivity (Wildman–Crippen MR) is 93.7 cm³/mol. The first-order valence-corrected chi connectivity index (χ1v) is 10.4. The van der Waals surface area contributed by atoms with Crippen LogP contribution in [-0.2, 0) is 14.3 Å². The second-order valence-corrected chi connectivity index (χ2v) is 9.39. The van der Waals surface area contributed by atoms with E-state index in [0.29, 0.717) is 35.5 Å². The highest BCUT2D eigenvalue weighted by Crippen LogP contribution is 2.60. The van der Waals surface area contributed by atoms with Gasteiger partial charge in [0.05, 0.1) is 12.8 Å². The molecule has 4 bridgehead atoms. The van der Waals surface area contributed by atoms with Crippen molar-refractivity contribution in [3.8, 4) is 0 Å². The van der Waals surface area contributed by atoms with Crippen LogP contribution in [0.2, 0.25) is 0 Å². The van der Waals surface area contributed by atoms with Gasteiger partial charge >= 0.3 is 11.9 Å². The number of carbonyl (C=O) groups excluding carboxylic acids is 1. The van der Waals surface area contributed by atoms with E-state index in [9.17, 15) is 9.59 Å². The van der Waals surface area contributed by atoms with Crippen molar-refractivity contribution in [1.29, 1.82) is 0 Å². The summed E-state index contributed by atoms with van der Waals surface area (Å²) in [6.07, 6.45) is 7.80. The van der Waals surface area contributed by atoms with Gasteiger partial charge in [-0.3, -0.25) is 9.59 Å². The van der Waals surface area contributed by atoms with E-state index in [0.717, 1.165) is 11.8 Å². The molecule has 4 rings (SSSR count). The molecule has 4 saturated carbocycles. The number of ether oxygens (including phenoxy) is 1. The van der Waals surface area contributed by atoms with E-state index < -0.39 is 5.97 Å². The Hall–Kier alpha value is -1.06. The summed E-state index contributed by atoms with van der Waals surface area (Å²) in [5.41, 5.74) is 0. The Labute approximate surface area is 150 Å². The maximum atomic E-state index is 12.4. The Morgan fingerprint density at radius 3 is 1.76 bits per heavy atom. The summed E-state index contributed by atoms with van der Waals surface area (Å²) in [4.78, 5) is 23.2. The molecule has 0 aliphatic heterocycles. The fraction of sp³-hybridized carbons (Fsp3) is 0.905. The zero-order chi connectivity index (χ0) is 17.7. The van der Waals surface area contributed by atoms with Gasteiger partial charge < -0.3 is 9.84 Å². The molecule has 140 valence electrons. The summed E-state index contributed by atoms with van der Waals surface area (Å²) in [6, 6.07) is 0. The molecular weight excluding hydrogens is 316 g/mol. The Morgan fingerprint density at radius 2 is 1.36 bits per heavy atom. The van der Waals surface area contributed by atoms with E-state index in [4.69, 9.17) is 9.84 Å². The zero-order valence-electron chi connectivity index (χ0n) is 15.5. The molecule has 0 aromatic heterocycles. The summed E-state index contributed by atoms with van der Waals surface area (Å²) in [7, 11) is 0. The third kappa shape index (κ3) is 3.00. The average molecular weight is 348 g/mol. The van der Waals surface area contributed by atoms with Gasteiger partial charge in [-0.2, -0.15) is 0 Å². The van der Waals surface area contributed by atoms with E-state index in [1.54, 1.807) is 0 Å². The highest BCUT2D eigenvalue weighted by atomic mass is 16.5. The SMILES string of the molecule is CC1C2CCC(C2)C1C(OC(=O)CCC(=O)O)C1C2CCC(C2)C1C. The second-order valence-electron chi connectivity index (χ2n) is 9.39. The molecule has 4 nitrogen and oxygen atoms in total. The van der Waals surface area contributed by atoms with Crippen LogP contribution in [0, 0.1) is 47.3 Å². The van der Waals surface area contributed by atoms with Crippen molar-refractivity contribution >= 4 is 11.9 Å². The van der Waals surface area contributed by atoms with E-state index in [2.05, 4.69) is 13.8 Å². The number of rotatable bonds is 6. The van der Waals surface area contributed by atoms with Gasteiger partial charge in [-0.15, -0.1) is 0 Å². The third-order valence-corrected chi connectivity index (χ3v) is 8.39.